The molecule has 0 bridgehead atoms. The summed E-state index contributed by atoms with van der Waals surface area (Å²) < 4.78 is 25.5. The maximum Gasteiger partial charge on any atom is 0.172 e. The molecule has 3 rings (SSSR count). The number of aliphatic hydroxyl groups excluding tert-OH is 1. The third-order valence-corrected chi connectivity index (χ3v) is 4.60. The number of likely N-dealkylation sites (N-methyl/N-ethyl adjacent to an activating group) is 1. The lowest BCUT2D eigenvalue weighted by molar-refractivity contribution is -0.0143. The molecule has 1 saturated carbocycles. The van der Waals surface area contributed by atoms with Gasteiger partial charge in [0.05, 0.1) is 0 Å². The van der Waals surface area contributed by atoms with Crippen molar-refractivity contribution in [3.8, 4) is 17.2 Å². The first-order valence-corrected chi connectivity index (χ1v) is 8.63. The molecule has 5 heteroatoms. The zero-order chi connectivity index (χ0) is 17.8. The highest BCUT2D eigenvalue weighted by Crippen LogP contribution is 2.35. The fourth-order valence-corrected chi connectivity index (χ4v) is 3.14. The van der Waals surface area contributed by atoms with Crippen LogP contribution in [0.5, 0.6) is 17.2 Å². The second-order valence-corrected chi connectivity index (χ2v) is 6.48. The van der Waals surface area contributed by atoms with Crippen LogP contribution in [0.1, 0.15) is 24.8 Å². The standard InChI is InChI=1S/C20H24FNO3/c1-13-6-9-15(10-7-13)24-19-12-14(21)8-11-17(19)25-18-5-3-4-16(22-2)20(18)23/h6-12,16,18,20,22-23H,3-5H2,1-2H3/t16-,18-,20-/m1/s1. The summed E-state index contributed by atoms with van der Waals surface area (Å²) in [6.45, 7) is 1.99. The van der Waals surface area contributed by atoms with Gasteiger partial charge in [-0.05, 0) is 57.5 Å². The lowest BCUT2D eigenvalue weighted by Crippen LogP contribution is -2.50. The topological polar surface area (TPSA) is 50.7 Å². The van der Waals surface area contributed by atoms with Crippen LogP contribution >= 0.6 is 0 Å². The Morgan fingerprint density at radius 2 is 1.84 bits per heavy atom. The van der Waals surface area contributed by atoms with Gasteiger partial charge in [-0.15, -0.1) is 0 Å². The van der Waals surface area contributed by atoms with Crippen molar-refractivity contribution in [2.45, 2.75) is 44.4 Å². The van der Waals surface area contributed by atoms with Gasteiger partial charge in [0.1, 0.15) is 23.8 Å². The van der Waals surface area contributed by atoms with Crippen molar-refractivity contribution in [3.05, 3.63) is 53.8 Å². The average Bonchev–Trinajstić information content (AvgIpc) is 2.61. The molecule has 0 amide bonds. The monoisotopic (exact) mass is 345 g/mol. The van der Waals surface area contributed by atoms with Crippen LogP contribution in [0.3, 0.4) is 0 Å². The van der Waals surface area contributed by atoms with Gasteiger partial charge in [0, 0.05) is 12.1 Å². The summed E-state index contributed by atoms with van der Waals surface area (Å²) in [6.07, 6.45) is 1.66. The van der Waals surface area contributed by atoms with E-state index in [0.29, 0.717) is 17.2 Å². The number of ether oxygens (including phenoxy) is 2. The molecule has 0 radical (unpaired) electrons. The molecule has 2 aromatic carbocycles. The van der Waals surface area contributed by atoms with Crippen molar-refractivity contribution in [1.82, 2.24) is 5.32 Å². The SMILES string of the molecule is CN[C@@H]1CCC[C@@H](Oc2ccc(F)cc2Oc2ccc(C)cc2)[C@@H]1O. The summed E-state index contributed by atoms with van der Waals surface area (Å²) in [7, 11) is 1.83. The van der Waals surface area contributed by atoms with Gasteiger partial charge in [0.25, 0.3) is 0 Å². The predicted molar refractivity (Wildman–Crippen MR) is 94.8 cm³/mol. The van der Waals surface area contributed by atoms with Crippen molar-refractivity contribution in [3.63, 3.8) is 0 Å². The van der Waals surface area contributed by atoms with E-state index in [-0.39, 0.29) is 12.1 Å². The molecule has 0 spiro atoms. The molecule has 1 aliphatic carbocycles. The molecular weight excluding hydrogens is 321 g/mol. The van der Waals surface area contributed by atoms with Gasteiger partial charge < -0.3 is 19.9 Å². The largest absolute Gasteiger partial charge is 0.484 e. The molecule has 1 fully saturated rings. The Morgan fingerprint density at radius 3 is 2.56 bits per heavy atom. The van der Waals surface area contributed by atoms with E-state index in [0.717, 1.165) is 24.8 Å². The fraction of sp³-hybridized carbons (Fsp3) is 0.400. The third kappa shape index (κ3) is 4.30. The number of halogens is 1. The first-order valence-electron chi connectivity index (χ1n) is 8.63. The fourth-order valence-electron chi connectivity index (χ4n) is 3.14. The summed E-state index contributed by atoms with van der Waals surface area (Å²) in [6, 6.07) is 11.7. The van der Waals surface area contributed by atoms with E-state index in [2.05, 4.69) is 5.32 Å². The van der Waals surface area contributed by atoms with Crippen LogP contribution in [0.4, 0.5) is 4.39 Å². The third-order valence-electron chi connectivity index (χ3n) is 4.60. The highest BCUT2D eigenvalue weighted by atomic mass is 19.1. The second kappa shape index (κ2) is 7.85. The Bertz CT molecular complexity index is 705. The van der Waals surface area contributed by atoms with E-state index in [4.69, 9.17) is 9.47 Å². The summed E-state index contributed by atoms with van der Waals surface area (Å²) in [5.41, 5.74) is 1.12. The van der Waals surface area contributed by atoms with Crippen molar-refractivity contribution >= 4 is 0 Å². The molecule has 134 valence electrons. The number of hydrogen-bond donors (Lipinski definition) is 2. The molecule has 0 unspecified atom stereocenters. The number of aryl methyl sites for hydroxylation is 1. The van der Waals surface area contributed by atoms with Crippen LogP contribution in [-0.2, 0) is 0 Å². The van der Waals surface area contributed by atoms with Crippen LogP contribution in [0, 0.1) is 12.7 Å². The molecule has 0 heterocycles. The molecule has 0 saturated heterocycles. The molecule has 25 heavy (non-hydrogen) atoms. The smallest absolute Gasteiger partial charge is 0.172 e. The van der Waals surface area contributed by atoms with Crippen LogP contribution < -0.4 is 14.8 Å². The van der Waals surface area contributed by atoms with Crippen molar-refractivity contribution in [2.75, 3.05) is 7.05 Å². The Labute approximate surface area is 147 Å². The highest BCUT2D eigenvalue weighted by Gasteiger charge is 2.33. The lowest BCUT2D eigenvalue weighted by Gasteiger charge is -2.34. The molecule has 1 aliphatic rings. The number of aliphatic hydroxyl groups is 1. The summed E-state index contributed by atoms with van der Waals surface area (Å²) in [4.78, 5) is 0. The van der Waals surface area contributed by atoms with E-state index in [1.807, 2.05) is 38.2 Å². The molecule has 2 aromatic rings. The molecule has 0 aromatic heterocycles. The van der Waals surface area contributed by atoms with Crippen LogP contribution in [-0.4, -0.2) is 30.4 Å². The lowest BCUT2D eigenvalue weighted by atomic mass is 9.90. The zero-order valence-corrected chi connectivity index (χ0v) is 14.5. The number of benzene rings is 2. The summed E-state index contributed by atoms with van der Waals surface area (Å²) in [5, 5.41) is 13.6. The van der Waals surface area contributed by atoms with Gasteiger partial charge in [-0.25, -0.2) is 4.39 Å². The molecule has 3 atom stereocenters. The second-order valence-electron chi connectivity index (χ2n) is 6.48. The first kappa shape index (κ1) is 17.7. The van der Waals surface area contributed by atoms with E-state index >= 15 is 0 Å². The van der Waals surface area contributed by atoms with Crippen LogP contribution in [0.25, 0.3) is 0 Å². The number of hydrogen-bond acceptors (Lipinski definition) is 4. The van der Waals surface area contributed by atoms with E-state index in [9.17, 15) is 9.50 Å². The highest BCUT2D eigenvalue weighted by molar-refractivity contribution is 5.43. The van der Waals surface area contributed by atoms with Gasteiger partial charge in [-0.3, -0.25) is 0 Å². The van der Waals surface area contributed by atoms with Gasteiger partial charge in [0.2, 0.25) is 0 Å². The summed E-state index contributed by atoms with van der Waals surface area (Å²) in [5.74, 6) is 0.954. The minimum atomic E-state index is -0.615. The minimum Gasteiger partial charge on any atom is -0.484 e. The van der Waals surface area contributed by atoms with Gasteiger partial charge in [-0.2, -0.15) is 0 Å². The Kier molecular flexibility index (Phi) is 5.56. The number of nitrogens with one attached hydrogen (secondary N) is 1. The predicted octanol–water partition coefficient (Wildman–Crippen LogP) is 3.81. The van der Waals surface area contributed by atoms with E-state index in [1.165, 1.54) is 12.1 Å². The van der Waals surface area contributed by atoms with Gasteiger partial charge in [0.15, 0.2) is 11.5 Å². The average molecular weight is 345 g/mol. The van der Waals surface area contributed by atoms with Crippen molar-refractivity contribution in [2.24, 2.45) is 0 Å². The van der Waals surface area contributed by atoms with Crippen molar-refractivity contribution in [1.29, 1.82) is 0 Å². The molecule has 2 N–H and O–H groups in total. The van der Waals surface area contributed by atoms with Crippen LogP contribution in [0.2, 0.25) is 0 Å². The normalized spacial score (nSPS) is 23.3. The van der Waals surface area contributed by atoms with Crippen LogP contribution in [0.15, 0.2) is 42.5 Å². The number of rotatable bonds is 5. The maximum atomic E-state index is 13.7. The Balaban J connectivity index is 1.80. The molecular formula is C20H24FNO3. The van der Waals surface area contributed by atoms with E-state index in [1.54, 1.807) is 6.07 Å². The maximum absolute atomic E-state index is 13.7. The molecule has 0 aliphatic heterocycles. The Hall–Kier alpha value is -2.11. The first-order chi connectivity index (χ1) is 12.1. The van der Waals surface area contributed by atoms with Gasteiger partial charge >= 0.3 is 0 Å². The minimum absolute atomic E-state index is 0.000616. The Morgan fingerprint density at radius 1 is 1.08 bits per heavy atom. The molecule has 4 nitrogen and oxygen atoms in total. The summed E-state index contributed by atoms with van der Waals surface area (Å²) >= 11 is 0. The quantitative estimate of drug-likeness (QED) is 0.865. The zero-order valence-electron chi connectivity index (χ0n) is 14.5. The van der Waals surface area contributed by atoms with Crippen molar-refractivity contribution < 1.29 is 19.0 Å². The van der Waals surface area contributed by atoms with Gasteiger partial charge in [-0.1, -0.05) is 17.7 Å². The van der Waals surface area contributed by atoms with E-state index < -0.39 is 11.9 Å².